The van der Waals surface area contributed by atoms with E-state index in [0.717, 1.165) is 23.3 Å². The molecule has 0 aliphatic carbocycles. The summed E-state index contributed by atoms with van der Waals surface area (Å²) in [6.45, 7) is 4.79. The Bertz CT molecular complexity index is 941. The van der Waals surface area contributed by atoms with Crippen LogP contribution >= 0.6 is 0 Å². The molecule has 0 heterocycles. The second-order valence-electron chi connectivity index (χ2n) is 8.09. The van der Waals surface area contributed by atoms with E-state index >= 15 is 0 Å². The maximum absolute atomic E-state index is 12.4. The minimum atomic E-state index is -0.366. The number of hydrogen-bond acceptors (Lipinski definition) is 3. The van der Waals surface area contributed by atoms with Gasteiger partial charge in [-0.1, -0.05) is 75.4 Å². The number of unbranched alkanes of at least 4 members (excludes halogenated alkanes) is 5. The van der Waals surface area contributed by atoms with Crippen LogP contribution in [0.15, 0.2) is 72.8 Å². The fourth-order valence-corrected chi connectivity index (χ4v) is 3.71. The Hall–Kier alpha value is -3.07. The van der Waals surface area contributed by atoms with Crippen LogP contribution in [-0.4, -0.2) is 12.6 Å². The van der Waals surface area contributed by atoms with Gasteiger partial charge in [-0.2, -0.15) is 0 Å². The van der Waals surface area contributed by atoms with Crippen LogP contribution in [-0.2, 0) is 6.42 Å². The van der Waals surface area contributed by atoms with E-state index in [4.69, 9.17) is 9.47 Å². The minimum Gasteiger partial charge on any atom is -0.494 e. The van der Waals surface area contributed by atoms with Crippen molar-refractivity contribution in [2.45, 2.75) is 58.8 Å². The smallest absolute Gasteiger partial charge is 0.343 e. The minimum absolute atomic E-state index is 0.366. The van der Waals surface area contributed by atoms with Crippen molar-refractivity contribution in [3.63, 3.8) is 0 Å². The zero-order chi connectivity index (χ0) is 22.6. The molecule has 0 N–H and O–H groups in total. The zero-order valence-corrected chi connectivity index (χ0v) is 19.3. The van der Waals surface area contributed by atoms with Crippen LogP contribution in [0.2, 0.25) is 0 Å². The molecule has 3 nitrogen and oxygen atoms in total. The van der Waals surface area contributed by atoms with Gasteiger partial charge in [0, 0.05) is 0 Å². The molecule has 0 radical (unpaired) electrons. The summed E-state index contributed by atoms with van der Waals surface area (Å²) < 4.78 is 10.9. The van der Waals surface area contributed by atoms with Crippen molar-refractivity contribution in [1.29, 1.82) is 0 Å². The third-order valence-corrected chi connectivity index (χ3v) is 5.57. The largest absolute Gasteiger partial charge is 0.494 e. The molecule has 0 aliphatic heterocycles. The number of esters is 1. The topological polar surface area (TPSA) is 35.5 Å². The van der Waals surface area contributed by atoms with Gasteiger partial charge >= 0.3 is 5.97 Å². The Labute approximate surface area is 192 Å². The second-order valence-corrected chi connectivity index (χ2v) is 8.09. The Morgan fingerprint density at radius 2 is 1.22 bits per heavy atom. The summed E-state index contributed by atoms with van der Waals surface area (Å²) in [6, 6.07) is 23.4. The average Bonchev–Trinajstić information content (AvgIpc) is 2.83. The zero-order valence-electron chi connectivity index (χ0n) is 19.3. The van der Waals surface area contributed by atoms with Crippen LogP contribution in [0, 0.1) is 0 Å². The monoisotopic (exact) mass is 430 g/mol. The highest BCUT2D eigenvalue weighted by Gasteiger charge is 2.09. The molecule has 3 heteroatoms. The van der Waals surface area contributed by atoms with Crippen LogP contribution in [0.4, 0.5) is 0 Å². The van der Waals surface area contributed by atoms with E-state index in [1.807, 2.05) is 31.2 Å². The van der Waals surface area contributed by atoms with Gasteiger partial charge < -0.3 is 9.47 Å². The van der Waals surface area contributed by atoms with E-state index in [2.05, 4.69) is 31.2 Å². The van der Waals surface area contributed by atoms with Gasteiger partial charge in [0.1, 0.15) is 11.5 Å². The van der Waals surface area contributed by atoms with Gasteiger partial charge in [-0.25, -0.2) is 4.79 Å². The van der Waals surface area contributed by atoms with Crippen LogP contribution in [0.25, 0.3) is 11.1 Å². The maximum Gasteiger partial charge on any atom is 0.343 e. The Balaban J connectivity index is 1.51. The lowest BCUT2D eigenvalue weighted by molar-refractivity contribution is 0.0734. The third kappa shape index (κ3) is 7.26. The molecule has 32 heavy (non-hydrogen) atoms. The molecular formula is C29H34O3. The van der Waals surface area contributed by atoms with Crippen molar-refractivity contribution in [3.05, 3.63) is 83.9 Å². The van der Waals surface area contributed by atoms with Gasteiger partial charge in [-0.3, -0.25) is 0 Å². The van der Waals surface area contributed by atoms with Gasteiger partial charge in [0.15, 0.2) is 0 Å². The summed E-state index contributed by atoms with van der Waals surface area (Å²) >= 11 is 0. The molecule has 3 aromatic rings. The molecule has 3 rings (SSSR count). The first kappa shape index (κ1) is 23.6. The highest BCUT2D eigenvalue weighted by Crippen LogP contribution is 2.23. The van der Waals surface area contributed by atoms with E-state index < -0.39 is 0 Å². The Morgan fingerprint density at radius 1 is 0.656 bits per heavy atom. The van der Waals surface area contributed by atoms with Crippen molar-refractivity contribution in [1.82, 2.24) is 0 Å². The molecule has 0 aliphatic rings. The predicted molar refractivity (Wildman–Crippen MR) is 132 cm³/mol. The third-order valence-electron chi connectivity index (χ3n) is 5.57. The van der Waals surface area contributed by atoms with Crippen LogP contribution in [0.3, 0.4) is 0 Å². The number of carbonyl (C=O) groups is 1. The first-order chi connectivity index (χ1) is 15.7. The summed E-state index contributed by atoms with van der Waals surface area (Å²) in [5.41, 5.74) is 4.17. The number of carbonyl (C=O) groups excluding carboxylic acids is 1. The van der Waals surface area contributed by atoms with E-state index in [1.54, 1.807) is 24.3 Å². The summed E-state index contributed by atoms with van der Waals surface area (Å²) in [5.74, 6) is 0.896. The summed E-state index contributed by atoms with van der Waals surface area (Å²) in [6.07, 6.45) is 9.07. The van der Waals surface area contributed by atoms with Crippen molar-refractivity contribution < 1.29 is 14.3 Å². The quantitative estimate of drug-likeness (QED) is 0.167. The highest BCUT2D eigenvalue weighted by molar-refractivity contribution is 5.91. The number of aryl methyl sites for hydroxylation is 1. The maximum atomic E-state index is 12.4. The Morgan fingerprint density at radius 3 is 1.84 bits per heavy atom. The molecule has 0 amide bonds. The number of ether oxygens (including phenoxy) is 2. The van der Waals surface area contributed by atoms with Crippen molar-refractivity contribution >= 4 is 5.97 Å². The van der Waals surface area contributed by atoms with Crippen molar-refractivity contribution in [2.75, 3.05) is 6.61 Å². The van der Waals surface area contributed by atoms with E-state index in [0.29, 0.717) is 17.9 Å². The number of benzene rings is 3. The second kappa shape index (κ2) is 12.7. The average molecular weight is 431 g/mol. The van der Waals surface area contributed by atoms with Gasteiger partial charge in [0.05, 0.1) is 12.2 Å². The first-order valence-corrected chi connectivity index (χ1v) is 11.8. The molecule has 0 spiro atoms. The molecule has 168 valence electrons. The summed E-state index contributed by atoms with van der Waals surface area (Å²) in [4.78, 5) is 12.4. The van der Waals surface area contributed by atoms with Gasteiger partial charge in [-0.05, 0) is 72.9 Å². The lowest BCUT2D eigenvalue weighted by atomic mass is 10.00. The van der Waals surface area contributed by atoms with Crippen LogP contribution in [0.5, 0.6) is 11.5 Å². The summed E-state index contributed by atoms with van der Waals surface area (Å²) in [5, 5.41) is 0. The SMILES string of the molecule is CCCCCCCCc1ccc(-c2ccc(C(=O)Oc3ccc(OCC)cc3)cc2)cc1. The van der Waals surface area contributed by atoms with Gasteiger partial charge in [0.2, 0.25) is 0 Å². The van der Waals surface area contributed by atoms with Crippen LogP contribution in [0.1, 0.15) is 68.3 Å². The summed E-state index contributed by atoms with van der Waals surface area (Å²) in [7, 11) is 0. The lowest BCUT2D eigenvalue weighted by Crippen LogP contribution is -2.08. The fourth-order valence-electron chi connectivity index (χ4n) is 3.71. The molecule has 0 atom stereocenters. The van der Waals surface area contributed by atoms with E-state index in [9.17, 15) is 4.79 Å². The first-order valence-electron chi connectivity index (χ1n) is 11.8. The lowest BCUT2D eigenvalue weighted by Gasteiger charge is -2.08. The normalized spacial score (nSPS) is 10.7. The Kier molecular flexibility index (Phi) is 9.37. The molecule has 0 bridgehead atoms. The molecule has 0 saturated carbocycles. The molecule has 0 unspecified atom stereocenters. The molecular weight excluding hydrogens is 396 g/mol. The fraction of sp³-hybridized carbons (Fsp3) is 0.345. The van der Waals surface area contributed by atoms with E-state index in [-0.39, 0.29) is 5.97 Å². The van der Waals surface area contributed by atoms with E-state index in [1.165, 1.54) is 44.1 Å². The molecule has 0 saturated heterocycles. The van der Waals surface area contributed by atoms with Crippen LogP contribution < -0.4 is 9.47 Å². The van der Waals surface area contributed by atoms with Crippen molar-refractivity contribution in [3.8, 4) is 22.6 Å². The van der Waals surface area contributed by atoms with Gasteiger partial charge in [-0.15, -0.1) is 0 Å². The predicted octanol–water partition coefficient (Wildman–Crippen LogP) is 7.87. The molecule has 0 fully saturated rings. The molecule has 3 aromatic carbocycles. The van der Waals surface area contributed by atoms with Gasteiger partial charge in [0.25, 0.3) is 0 Å². The number of hydrogen-bond donors (Lipinski definition) is 0. The van der Waals surface area contributed by atoms with Crippen molar-refractivity contribution in [2.24, 2.45) is 0 Å². The molecule has 0 aromatic heterocycles. The highest BCUT2D eigenvalue weighted by atomic mass is 16.5. The standard InChI is InChI=1S/C29H34O3/c1-3-5-6-7-8-9-10-23-11-13-24(14-12-23)25-15-17-26(18-16-25)29(30)32-28-21-19-27(20-22-28)31-4-2/h11-22H,3-10H2,1-2H3. The number of rotatable bonds is 12.